The monoisotopic (exact) mass is 379 g/mol. The number of nitrogens with one attached hydrogen (secondary N) is 2. The smallest absolute Gasteiger partial charge is 0.261 e. The summed E-state index contributed by atoms with van der Waals surface area (Å²) in [5.41, 5.74) is 3.86. The second kappa shape index (κ2) is 6.89. The molecular weight excluding hydrogens is 362 g/mol. The van der Waals surface area contributed by atoms with Crippen LogP contribution in [0.25, 0.3) is 16.7 Å². The number of hydrogen-bond donors (Lipinski definition) is 2. The molecule has 6 nitrogen and oxygen atoms in total. The minimum Gasteiger partial charge on any atom is -0.324 e. The highest BCUT2D eigenvalue weighted by Crippen LogP contribution is 2.25. The topological polar surface area (TPSA) is 75.6 Å². The van der Waals surface area contributed by atoms with Crippen LogP contribution in [0.5, 0.6) is 0 Å². The number of hydrogen-bond acceptors (Lipinski definition) is 3. The quantitative estimate of drug-likeness (QED) is 0.535. The van der Waals surface area contributed by atoms with Crippen molar-refractivity contribution in [3.8, 4) is 5.69 Å². The number of aromatic amines is 1. The minimum atomic E-state index is -0.252. The van der Waals surface area contributed by atoms with Gasteiger partial charge in [-0.3, -0.25) is 10.1 Å². The average molecular weight is 380 g/mol. The lowest BCUT2D eigenvalue weighted by Gasteiger charge is -2.12. The highest BCUT2D eigenvalue weighted by atomic mass is 35.5. The van der Waals surface area contributed by atoms with E-state index in [0.717, 1.165) is 22.4 Å². The largest absolute Gasteiger partial charge is 0.324 e. The number of para-hydroxylation sites is 2. The molecule has 0 aliphatic carbocycles. The van der Waals surface area contributed by atoms with Gasteiger partial charge in [0, 0.05) is 5.02 Å². The molecule has 27 heavy (non-hydrogen) atoms. The van der Waals surface area contributed by atoms with Crippen molar-refractivity contribution >= 4 is 34.5 Å². The van der Waals surface area contributed by atoms with E-state index in [4.69, 9.17) is 11.6 Å². The van der Waals surface area contributed by atoms with Crippen molar-refractivity contribution in [1.82, 2.24) is 19.7 Å². The predicted molar refractivity (Wildman–Crippen MR) is 107 cm³/mol. The van der Waals surface area contributed by atoms with Gasteiger partial charge in [0.1, 0.15) is 0 Å². The van der Waals surface area contributed by atoms with Gasteiger partial charge in [0.25, 0.3) is 5.91 Å². The standard InChI is InChI=1S/C20H18ClN5O/c1-12(2)18-15(11-22-26(18)14-9-7-13(21)8-10-14)19(27)25-20-23-16-5-3-4-6-17(16)24-20/h3-12H,1-2H3,(H2,23,24,25,27). The van der Waals surface area contributed by atoms with E-state index < -0.39 is 0 Å². The summed E-state index contributed by atoms with van der Waals surface area (Å²) in [6.07, 6.45) is 1.59. The van der Waals surface area contributed by atoms with Crippen molar-refractivity contribution in [3.05, 3.63) is 71.0 Å². The number of nitrogens with zero attached hydrogens (tertiary/aromatic N) is 3. The van der Waals surface area contributed by atoms with Crippen LogP contribution >= 0.6 is 11.6 Å². The summed E-state index contributed by atoms with van der Waals surface area (Å²) < 4.78 is 1.77. The molecule has 0 aliphatic rings. The summed E-state index contributed by atoms with van der Waals surface area (Å²) in [4.78, 5) is 20.4. The average Bonchev–Trinajstić information content (AvgIpc) is 3.26. The fourth-order valence-electron chi connectivity index (χ4n) is 3.06. The number of imidazole rings is 1. The Hall–Kier alpha value is -3.12. The Labute approximate surface area is 161 Å². The molecule has 0 bridgehead atoms. The number of halogens is 1. The molecule has 0 aliphatic heterocycles. The van der Waals surface area contributed by atoms with Gasteiger partial charge in [-0.05, 0) is 42.3 Å². The summed E-state index contributed by atoms with van der Waals surface area (Å²) in [5, 5.41) is 7.91. The lowest BCUT2D eigenvalue weighted by molar-refractivity contribution is 0.102. The van der Waals surface area contributed by atoms with E-state index in [0.29, 0.717) is 16.5 Å². The fraction of sp³-hybridized carbons (Fsp3) is 0.150. The summed E-state index contributed by atoms with van der Waals surface area (Å²) in [5.74, 6) is 0.257. The van der Waals surface area contributed by atoms with Gasteiger partial charge in [-0.2, -0.15) is 5.10 Å². The molecule has 2 aromatic heterocycles. The number of amides is 1. The lowest BCUT2D eigenvalue weighted by Crippen LogP contribution is -2.16. The number of aromatic nitrogens is 4. The summed E-state index contributed by atoms with van der Waals surface area (Å²) >= 11 is 5.98. The van der Waals surface area contributed by atoms with E-state index in [2.05, 4.69) is 20.4 Å². The predicted octanol–water partition coefficient (Wildman–Crippen LogP) is 4.78. The van der Waals surface area contributed by atoms with Gasteiger partial charge >= 0.3 is 0 Å². The maximum Gasteiger partial charge on any atom is 0.261 e. The summed E-state index contributed by atoms with van der Waals surface area (Å²) in [7, 11) is 0. The molecule has 2 heterocycles. The number of carbonyl (C=O) groups excluding carboxylic acids is 1. The molecule has 2 aromatic carbocycles. The van der Waals surface area contributed by atoms with Gasteiger partial charge in [0.05, 0.1) is 34.2 Å². The number of H-pyrrole nitrogens is 1. The number of fused-ring (bicyclic) bond motifs is 1. The van der Waals surface area contributed by atoms with Crippen molar-refractivity contribution in [1.29, 1.82) is 0 Å². The van der Waals surface area contributed by atoms with Crippen molar-refractivity contribution in [2.75, 3.05) is 5.32 Å². The zero-order valence-electron chi connectivity index (χ0n) is 14.9. The Bertz CT molecular complexity index is 1080. The molecule has 136 valence electrons. The molecule has 4 rings (SSSR count). The summed E-state index contributed by atoms with van der Waals surface area (Å²) in [6, 6.07) is 15.0. The van der Waals surface area contributed by atoms with Crippen LogP contribution in [0.15, 0.2) is 54.7 Å². The van der Waals surface area contributed by atoms with E-state index in [1.54, 1.807) is 23.0 Å². The number of carbonyl (C=O) groups is 1. The van der Waals surface area contributed by atoms with E-state index in [-0.39, 0.29) is 11.8 Å². The number of benzene rings is 2. The molecule has 0 unspecified atom stereocenters. The normalized spacial score (nSPS) is 11.3. The second-order valence-electron chi connectivity index (χ2n) is 6.54. The van der Waals surface area contributed by atoms with E-state index in [1.165, 1.54) is 0 Å². The van der Waals surface area contributed by atoms with Crippen molar-refractivity contribution in [3.63, 3.8) is 0 Å². The fourth-order valence-corrected chi connectivity index (χ4v) is 3.19. The van der Waals surface area contributed by atoms with Crippen LogP contribution in [0.1, 0.15) is 35.8 Å². The minimum absolute atomic E-state index is 0.0969. The third-order valence-corrected chi connectivity index (χ3v) is 4.54. The van der Waals surface area contributed by atoms with Crippen LogP contribution < -0.4 is 5.32 Å². The molecule has 0 saturated heterocycles. The van der Waals surface area contributed by atoms with Crippen molar-refractivity contribution in [2.45, 2.75) is 19.8 Å². The van der Waals surface area contributed by atoms with Crippen LogP contribution in [0.2, 0.25) is 5.02 Å². The van der Waals surface area contributed by atoms with E-state index >= 15 is 0 Å². The molecule has 0 atom stereocenters. The Morgan fingerprint density at radius 3 is 2.59 bits per heavy atom. The highest BCUT2D eigenvalue weighted by Gasteiger charge is 2.21. The van der Waals surface area contributed by atoms with Crippen LogP contribution in [0, 0.1) is 0 Å². The van der Waals surface area contributed by atoms with Gasteiger partial charge in [0.15, 0.2) is 0 Å². The molecule has 0 saturated carbocycles. The zero-order chi connectivity index (χ0) is 19.0. The lowest BCUT2D eigenvalue weighted by atomic mass is 10.1. The molecule has 7 heteroatoms. The van der Waals surface area contributed by atoms with Gasteiger partial charge in [0.2, 0.25) is 5.95 Å². The Kier molecular flexibility index (Phi) is 4.41. The van der Waals surface area contributed by atoms with Crippen molar-refractivity contribution in [2.24, 2.45) is 0 Å². The maximum atomic E-state index is 12.9. The first kappa shape index (κ1) is 17.3. The third kappa shape index (κ3) is 3.31. The van der Waals surface area contributed by atoms with Crippen LogP contribution in [-0.2, 0) is 0 Å². The Balaban J connectivity index is 1.68. The van der Waals surface area contributed by atoms with Gasteiger partial charge in [-0.15, -0.1) is 0 Å². The molecule has 4 aromatic rings. The first-order chi connectivity index (χ1) is 13.0. The first-order valence-electron chi connectivity index (χ1n) is 8.63. The van der Waals surface area contributed by atoms with Gasteiger partial charge in [-0.1, -0.05) is 37.6 Å². The van der Waals surface area contributed by atoms with Gasteiger partial charge in [-0.25, -0.2) is 9.67 Å². The molecule has 0 spiro atoms. The highest BCUT2D eigenvalue weighted by molar-refractivity contribution is 6.30. The SMILES string of the molecule is CC(C)c1c(C(=O)Nc2nc3ccccc3[nH]2)cnn1-c1ccc(Cl)cc1. The second-order valence-corrected chi connectivity index (χ2v) is 6.98. The van der Waals surface area contributed by atoms with Gasteiger partial charge < -0.3 is 4.98 Å². The summed E-state index contributed by atoms with van der Waals surface area (Å²) in [6.45, 7) is 4.06. The van der Waals surface area contributed by atoms with Crippen LogP contribution in [0.3, 0.4) is 0 Å². The Morgan fingerprint density at radius 1 is 1.15 bits per heavy atom. The van der Waals surface area contributed by atoms with Crippen LogP contribution in [0.4, 0.5) is 5.95 Å². The van der Waals surface area contributed by atoms with Crippen LogP contribution in [-0.4, -0.2) is 25.7 Å². The van der Waals surface area contributed by atoms with E-state index in [9.17, 15) is 4.79 Å². The maximum absolute atomic E-state index is 12.9. The first-order valence-corrected chi connectivity index (χ1v) is 9.00. The molecule has 0 fully saturated rings. The Morgan fingerprint density at radius 2 is 1.89 bits per heavy atom. The number of anilines is 1. The zero-order valence-corrected chi connectivity index (χ0v) is 15.7. The number of rotatable bonds is 4. The molecule has 1 amide bonds. The van der Waals surface area contributed by atoms with E-state index in [1.807, 2.05) is 50.2 Å². The molecular formula is C20H18ClN5O. The third-order valence-electron chi connectivity index (χ3n) is 4.29. The van der Waals surface area contributed by atoms with Crippen molar-refractivity contribution < 1.29 is 4.79 Å². The molecule has 2 N–H and O–H groups in total. The molecule has 0 radical (unpaired) electrons.